The van der Waals surface area contributed by atoms with Gasteiger partial charge in [-0.2, -0.15) is 11.8 Å². The smallest absolute Gasteiger partial charge is 0.409 e. The van der Waals surface area contributed by atoms with Gasteiger partial charge in [0.25, 0.3) is 0 Å². The summed E-state index contributed by atoms with van der Waals surface area (Å²) in [6, 6.07) is 0.345. The summed E-state index contributed by atoms with van der Waals surface area (Å²) >= 11 is 1.84. The summed E-state index contributed by atoms with van der Waals surface area (Å²) in [5.41, 5.74) is 0. The van der Waals surface area contributed by atoms with Crippen LogP contribution >= 0.6 is 11.8 Å². The van der Waals surface area contributed by atoms with Crippen molar-refractivity contribution in [1.29, 1.82) is 0 Å². The van der Waals surface area contributed by atoms with Gasteiger partial charge < -0.3 is 20.3 Å². The number of guanidine groups is 1. The SMILES string of the molecule is C=CCSCCNC(=NC)NC1CCN(C(=O)OCC)CC1. The molecule has 0 aliphatic carbocycles. The second kappa shape index (κ2) is 11.2. The highest BCUT2D eigenvalue weighted by Gasteiger charge is 2.23. The second-order valence-corrected chi connectivity index (χ2v) is 6.12. The standard InChI is InChI=1S/C15H28N4O2S/c1-4-11-22-12-8-17-14(16-3)18-13-6-9-19(10-7-13)15(20)21-5-2/h4,13H,1,5-12H2,2-3H3,(H2,16,17,18). The number of likely N-dealkylation sites (tertiary alicyclic amines) is 1. The first-order valence-corrected chi connectivity index (χ1v) is 8.94. The molecular weight excluding hydrogens is 300 g/mol. The predicted molar refractivity (Wildman–Crippen MR) is 93.6 cm³/mol. The lowest BCUT2D eigenvalue weighted by atomic mass is 10.1. The highest BCUT2D eigenvalue weighted by Crippen LogP contribution is 2.11. The first kappa shape index (κ1) is 18.7. The van der Waals surface area contributed by atoms with Crippen molar-refractivity contribution in [2.75, 3.05) is 44.8 Å². The molecule has 1 rings (SSSR count). The Hall–Kier alpha value is -1.37. The number of nitrogens with zero attached hydrogens (tertiary/aromatic N) is 2. The molecule has 0 bridgehead atoms. The highest BCUT2D eigenvalue weighted by molar-refractivity contribution is 7.99. The zero-order valence-electron chi connectivity index (χ0n) is 13.6. The Morgan fingerprint density at radius 2 is 2.23 bits per heavy atom. The van der Waals surface area contributed by atoms with E-state index in [9.17, 15) is 4.79 Å². The fourth-order valence-corrected chi connectivity index (χ4v) is 2.80. The van der Waals surface area contributed by atoms with Crippen molar-refractivity contribution in [2.45, 2.75) is 25.8 Å². The lowest BCUT2D eigenvalue weighted by Gasteiger charge is -2.32. The van der Waals surface area contributed by atoms with Crippen LogP contribution in [0, 0.1) is 0 Å². The van der Waals surface area contributed by atoms with E-state index in [0.29, 0.717) is 12.6 Å². The van der Waals surface area contributed by atoms with Crippen molar-refractivity contribution in [3.63, 3.8) is 0 Å². The van der Waals surface area contributed by atoms with Gasteiger partial charge in [0.1, 0.15) is 0 Å². The minimum Gasteiger partial charge on any atom is -0.450 e. The normalized spacial score (nSPS) is 16.3. The minimum atomic E-state index is -0.206. The van der Waals surface area contributed by atoms with Gasteiger partial charge in [-0.25, -0.2) is 4.79 Å². The van der Waals surface area contributed by atoms with Crippen LogP contribution in [0.2, 0.25) is 0 Å². The molecule has 0 atom stereocenters. The molecule has 0 saturated carbocycles. The maximum Gasteiger partial charge on any atom is 0.409 e. The number of carbonyl (C=O) groups is 1. The molecule has 6 nitrogen and oxygen atoms in total. The van der Waals surface area contributed by atoms with Crippen LogP contribution in [-0.2, 0) is 4.74 Å². The first-order valence-electron chi connectivity index (χ1n) is 7.78. The topological polar surface area (TPSA) is 66.0 Å². The number of hydrogen-bond donors (Lipinski definition) is 2. The van der Waals surface area contributed by atoms with Gasteiger partial charge in [0.2, 0.25) is 0 Å². The van der Waals surface area contributed by atoms with Crippen molar-refractivity contribution >= 4 is 23.8 Å². The molecule has 1 aliphatic rings. The van der Waals surface area contributed by atoms with E-state index in [1.54, 1.807) is 11.9 Å². The molecule has 1 aliphatic heterocycles. The van der Waals surface area contributed by atoms with Crippen LogP contribution < -0.4 is 10.6 Å². The van der Waals surface area contributed by atoms with Crippen molar-refractivity contribution in [3.05, 3.63) is 12.7 Å². The number of carbonyl (C=O) groups excluding carboxylic acids is 1. The van der Waals surface area contributed by atoms with E-state index in [1.165, 1.54) is 0 Å². The molecule has 126 valence electrons. The van der Waals surface area contributed by atoms with Crippen LogP contribution in [0.4, 0.5) is 4.79 Å². The van der Waals surface area contributed by atoms with E-state index in [1.807, 2.05) is 24.8 Å². The van der Waals surface area contributed by atoms with Crippen LogP contribution in [0.5, 0.6) is 0 Å². The third-order valence-electron chi connectivity index (χ3n) is 3.36. The number of piperidine rings is 1. The second-order valence-electron chi connectivity index (χ2n) is 4.97. The molecule has 0 unspecified atom stereocenters. The van der Waals surface area contributed by atoms with Gasteiger partial charge in [-0.1, -0.05) is 6.08 Å². The maximum absolute atomic E-state index is 11.6. The molecule has 7 heteroatoms. The lowest BCUT2D eigenvalue weighted by Crippen LogP contribution is -2.50. The summed E-state index contributed by atoms with van der Waals surface area (Å²) in [6.45, 7) is 8.28. The van der Waals surface area contributed by atoms with Gasteiger partial charge in [-0.15, -0.1) is 6.58 Å². The molecule has 0 aromatic heterocycles. The molecule has 2 N–H and O–H groups in total. The molecule has 1 amide bonds. The largest absolute Gasteiger partial charge is 0.450 e. The van der Waals surface area contributed by atoms with Crippen molar-refractivity contribution < 1.29 is 9.53 Å². The van der Waals surface area contributed by atoms with E-state index >= 15 is 0 Å². The van der Waals surface area contributed by atoms with Crippen molar-refractivity contribution in [1.82, 2.24) is 15.5 Å². The first-order chi connectivity index (χ1) is 10.7. The van der Waals surface area contributed by atoms with Gasteiger partial charge in [0, 0.05) is 44.2 Å². The third kappa shape index (κ3) is 7.06. The van der Waals surface area contributed by atoms with E-state index < -0.39 is 0 Å². The van der Waals surface area contributed by atoms with Crippen LogP contribution in [0.25, 0.3) is 0 Å². The Bertz CT molecular complexity index is 369. The molecule has 1 fully saturated rings. The molecule has 0 aromatic carbocycles. The lowest BCUT2D eigenvalue weighted by molar-refractivity contribution is 0.0963. The van der Waals surface area contributed by atoms with E-state index in [2.05, 4.69) is 22.2 Å². The molecule has 0 spiro atoms. The zero-order chi connectivity index (χ0) is 16.2. The van der Waals surface area contributed by atoms with Crippen molar-refractivity contribution in [2.24, 2.45) is 4.99 Å². The van der Waals surface area contributed by atoms with Gasteiger partial charge in [-0.3, -0.25) is 4.99 Å². The number of rotatable bonds is 7. The van der Waals surface area contributed by atoms with Gasteiger partial charge in [0.05, 0.1) is 6.61 Å². The molecule has 0 aromatic rings. The summed E-state index contributed by atoms with van der Waals surface area (Å²) in [7, 11) is 1.78. The Balaban J connectivity index is 2.23. The van der Waals surface area contributed by atoms with E-state index in [0.717, 1.165) is 49.9 Å². The number of ether oxygens (including phenoxy) is 1. The van der Waals surface area contributed by atoms with E-state index in [4.69, 9.17) is 4.74 Å². The predicted octanol–water partition coefficient (Wildman–Crippen LogP) is 1.69. The van der Waals surface area contributed by atoms with Crippen LogP contribution in [0.1, 0.15) is 19.8 Å². The van der Waals surface area contributed by atoms with Crippen molar-refractivity contribution in [3.8, 4) is 0 Å². The summed E-state index contributed by atoms with van der Waals surface area (Å²) in [5.74, 6) is 2.82. The number of hydrogen-bond acceptors (Lipinski definition) is 4. The quantitative estimate of drug-likeness (QED) is 0.322. The average Bonchev–Trinajstić information content (AvgIpc) is 2.54. The van der Waals surface area contributed by atoms with Crippen LogP contribution in [-0.4, -0.2) is 67.8 Å². The Labute approximate surface area is 137 Å². The Kier molecular flexibility index (Phi) is 9.54. The Morgan fingerprint density at radius 1 is 1.50 bits per heavy atom. The molecule has 1 heterocycles. The van der Waals surface area contributed by atoms with Crippen LogP contribution in [0.3, 0.4) is 0 Å². The molecular formula is C15H28N4O2S. The fourth-order valence-electron chi connectivity index (χ4n) is 2.22. The van der Waals surface area contributed by atoms with E-state index in [-0.39, 0.29) is 6.09 Å². The number of nitrogens with one attached hydrogen (secondary N) is 2. The maximum atomic E-state index is 11.6. The summed E-state index contributed by atoms with van der Waals surface area (Å²) in [5, 5.41) is 6.73. The molecule has 0 radical (unpaired) electrons. The number of aliphatic imine (C=N–C) groups is 1. The third-order valence-corrected chi connectivity index (χ3v) is 4.32. The van der Waals surface area contributed by atoms with Gasteiger partial charge >= 0.3 is 6.09 Å². The van der Waals surface area contributed by atoms with Crippen LogP contribution in [0.15, 0.2) is 17.6 Å². The summed E-state index contributed by atoms with van der Waals surface area (Å²) < 4.78 is 5.03. The van der Waals surface area contributed by atoms with Gasteiger partial charge in [-0.05, 0) is 19.8 Å². The number of amides is 1. The number of thioether (sulfide) groups is 1. The summed E-state index contributed by atoms with van der Waals surface area (Å²) in [6.07, 6.45) is 3.52. The minimum absolute atomic E-state index is 0.206. The molecule has 1 saturated heterocycles. The van der Waals surface area contributed by atoms with Gasteiger partial charge in [0.15, 0.2) is 5.96 Å². The Morgan fingerprint density at radius 3 is 2.82 bits per heavy atom. The zero-order valence-corrected chi connectivity index (χ0v) is 14.5. The highest BCUT2D eigenvalue weighted by atomic mass is 32.2. The molecule has 22 heavy (non-hydrogen) atoms. The fraction of sp³-hybridized carbons (Fsp3) is 0.733. The monoisotopic (exact) mass is 328 g/mol. The average molecular weight is 328 g/mol. The summed E-state index contributed by atoms with van der Waals surface area (Å²) in [4.78, 5) is 17.7.